The summed E-state index contributed by atoms with van der Waals surface area (Å²) in [6.07, 6.45) is 4.49. The van der Waals surface area contributed by atoms with Crippen molar-refractivity contribution in [2.45, 2.75) is 45.1 Å². The second kappa shape index (κ2) is 9.10. The molecule has 4 heteroatoms. The quantitative estimate of drug-likeness (QED) is 0.771. The molecule has 0 saturated carbocycles. The molecule has 3 N–H and O–H groups in total. The van der Waals surface area contributed by atoms with Gasteiger partial charge in [-0.15, -0.1) is 0 Å². The molecule has 1 rings (SSSR count). The Kier molecular flexibility index (Phi) is 7.75. The highest BCUT2D eigenvalue weighted by Gasteiger charge is 2.10. The van der Waals surface area contributed by atoms with Crippen LogP contribution in [0.3, 0.4) is 0 Å². The molecule has 0 spiro atoms. The number of nitrogens with one attached hydrogen (secondary N) is 1. The van der Waals surface area contributed by atoms with Gasteiger partial charge in [-0.05, 0) is 30.5 Å². The summed E-state index contributed by atoms with van der Waals surface area (Å²) in [4.78, 5) is 11.8. The van der Waals surface area contributed by atoms with Crippen molar-refractivity contribution in [2.24, 2.45) is 5.73 Å². The van der Waals surface area contributed by atoms with E-state index < -0.39 is 0 Å². The van der Waals surface area contributed by atoms with Crippen LogP contribution in [-0.4, -0.2) is 18.5 Å². The summed E-state index contributed by atoms with van der Waals surface area (Å²) in [6.45, 7) is 2.66. The first-order valence-corrected chi connectivity index (χ1v) is 7.69. The maximum Gasteiger partial charge on any atom is 0.220 e. The minimum absolute atomic E-state index is 0.0921. The third kappa shape index (κ3) is 6.73. The van der Waals surface area contributed by atoms with Crippen LogP contribution in [0.5, 0.6) is 0 Å². The van der Waals surface area contributed by atoms with Crippen LogP contribution in [0.2, 0.25) is 0 Å². The molecule has 1 amide bonds. The van der Waals surface area contributed by atoms with Crippen LogP contribution in [0.1, 0.15) is 38.2 Å². The van der Waals surface area contributed by atoms with Crippen LogP contribution in [0.15, 0.2) is 28.7 Å². The van der Waals surface area contributed by atoms with Gasteiger partial charge in [-0.25, -0.2) is 0 Å². The molecule has 19 heavy (non-hydrogen) atoms. The van der Waals surface area contributed by atoms with E-state index in [-0.39, 0.29) is 11.9 Å². The van der Waals surface area contributed by atoms with E-state index >= 15 is 0 Å². The summed E-state index contributed by atoms with van der Waals surface area (Å²) in [6, 6.07) is 8.19. The lowest BCUT2D eigenvalue weighted by Crippen LogP contribution is -2.40. The van der Waals surface area contributed by atoms with E-state index in [1.54, 1.807) is 0 Å². The van der Waals surface area contributed by atoms with Gasteiger partial charge < -0.3 is 11.1 Å². The van der Waals surface area contributed by atoms with Crippen molar-refractivity contribution in [1.82, 2.24) is 5.32 Å². The fraction of sp³-hybridized carbons (Fsp3) is 0.533. The van der Waals surface area contributed by atoms with Gasteiger partial charge in [0, 0.05) is 23.5 Å². The minimum Gasteiger partial charge on any atom is -0.352 e. The predicted molar refractivity (Wildman–Crippen MR) is 83.0 cm³/mol. The summed E-state index contributed by atoms with van der Waals surface area (Å²) < 4.78 is 1.06. The molecule has 0 bridgehead atoms. The Labute approximate surface area is 124 Å². The molecule has 1 atom stereocenters. The second-order valence-electron chi connectivity index (χ2n) is 4.77. The van der Waals surface area contributed by atoms with Crippen molar-refractivity contribution >= 4 is 21.8 Å². The van der Waals surface area contributed by atoms with Gasteiger partial charge in [0.05, 0.1) is 0 Å². The summed E-state index contributed by atoms with van der Waals surface area (Å²) in [5.41, 5.74) is 6.84. The van der Waals surface area contributed by atoms with Gasteiger partial charge in [0.15, 0.2) is 0 Å². The highest BCUT2D eigenvalue weighted by molar-refractivity contribution is 9.10. The van der Waals surface area contributed by atoms with Gasteiger partial charge in [0.25, 0.3) is 0 Å². The monoisotopic (exact) mass is 326 g/mol. The van der Waals surface area contributed by atoms with Gasteiger partial charge in [0.2, 0.25) is 5.91 Å². The Bertz CT molecular complexity index is 378. The van der Waals surface area contributed by atoms with Gasteiger partial charge >= 0.3 is 0 Å². The SMILES string of the molecule is CCCCC(CN)NC(=O)CCc1ccc(Br)cc1. The van der Waals surface area contributed by atoms with Gasteiger partial charge in [0.1, 0.15) is 0 Å². The molecule has 1 aromatic rings. The molecule has 0 aliphatic heterocycles. The standard InChI is InChI=1S/C15H23BrN2O/c1-2-3-4-14(11-17)18-15(19)10-7-12-5-8-13(16)9-6-12/h5-6,8-9,14H,2-4,7,10-11,17H2,1H3,(H,18,19). The van der Waals surface area contributed by atoms with Crippen LogP contribution in [0.25, 0.3) is 0 Å². The molecule has 0 radical (unpaired) electrons. The van der Waals surface area contributed by atoms with Crippen LogP contribution in [0.4, 0.5) is 0 Å². The maximum atomic E-state index is 11.8. The van der Waals surface area contributed by atoms with Crippen LogP contribution < -0.4 is 11.1 Å². The molecule has 3 nitrogen and oxygen atoms in total. The van der Waals surface area contributed by atoms with Crippen LogP contribution in [-0.2, 0) is 11.2 Å². The zero-order valence-electron chi connectivity index (χ0n) is 11.5. The van der Waals surface area contributed by atoms with Crippen molar-refractivity contribution in [1.29, 1.82) is 0 Å². The Balaban J connectivity index is 2.32. The second-order valence-corrected chi connectivity index (χ2v) is 5.68. The number of rotatable bonds is 8. The van der Waals surface area contributed by atoms with E-state index in [4.69, 9.17) is 5.73 Å². The number of nitrogens with two attached hydrogens (primary N) is 1. The maximum absolute atomic E-state index is 11.8. The third-order valence-corrected chi connectivity index (χ3v) is 3.64. The Morgan fingerprint density at radius 1 is 1.37 bits per heavy atom. The largest absolute Gasteiger partial charge is 0.352 e. The number of carbonyl (C=O) groups is 1. The Morgan fingerprint density at radius 2 is 2.05 bits per heavy atom. The van der Waals surface area contributed by atoms with E-state index in [0.29, 0.717) is 13.0 Å². The highest BCUT2D eigenvalue weighted by Crippen LogP contribution is 2.11. The van der Waals surface area contributed by atoms with Crippen molar-refractivity contribution in [3.63, 3.8) is 0 Å². The number of unbranched alkanes of at least 4 members (excludes halogenated alkanes) is 1. The number of hydrogen-bond acceptors (Lipinski definition) is 2. The van der Waals surface area contributed by atoms with Crippen LogP contribution >= 0.6 is 15.9 Å². The number of carbonyl (C=O) groups excluding carboxylic acids is 1. The van der Waals surface area contributed by atoms with Crippen LogP contribution in [0, 0.1) is 0 Å². The number of benzene rings is 1. The van der Waals surface area contributed by atoms with E-state index in [0.717, 1.165) is 30.2 Å². The summed E-state index contributed by atoms with van der Waals surface area (Å²) in [5.74, 6) is 0.0921. The van der Waals surface area contributed by atoms with Gasteiger partial charge in [-0.1, -0.05) is 47.8 Å². The molecule has 1 unspecified atom stereocenters. The smallest absolute Gasteiger partial charge is 0.220 e. The number of halogens is 1. The zero-order chi connectivity index (χ0) is 14.1. The van der Waals surface area contributed by atoms with E-state index in [2.05, 4.69) is 28.2 Å². The predicted octanol–water partition coefficient (Wildman–Crippen LogP) is 3.02. The molecule has 0 aliphatic carbocycles. The average molecular weight is 327 g/mol. The number of aryl methyl sites for hydroxylation is 1. The highest BCUT2D eigenvalue weighted by atomic mass is 79.9. The zero-order valence-corrected chi connectivity index (χ0v) is 13.1. The molecular weight excluding hydrogens is 304 g/mol. The fourth-order valence-corrected chi connectivity index (χ4v) is 2.17. The van der Waals surface area contributed by atoms with E-state index in [1.807, 2.05) is 24.3 Å². The molecule has 0 saturated heterocycles. The van der Waals surface area contributed by atoms with Crippen molar-refractivity contribution in [2.75, 3.05) is 6.54 Å². The van der Waals surface area contributed by atoms with E-state index in [1.165, 1.54) is 5.56 Å². The lowest BCUT2D eigenvalue weighted by Gasteiger charge is -2.16. The first-order valence-electron chi connectivity index (χ1n) is 6.89. The average Bonchev–Trinajstić information content (AvgIpc) is 2.42. The van der Waals surface area contributed by atoms with Crippen molar-refractivity contribution in [3.05, 3.63) is 34.3 Å². The summed E-state index contributed by atoms with van der Waals surface area (Å²) in [7, 11) is 0. The van der Waals surface area contributed by atoms with E-state index in [9.17, 15) is 4.79 Å². The molecule has 106 valence electrons. The molecule has 0 fully saturated rings. The first kappa shape index (κ1) is 16.2. The third-order valence-electron chi connectivity index (χ3n) is 3.11. The topological polar surface area (TPSA) is 55.1 Å². The summed E-state index contributed by atoms with van der Waals surface area (Å²) in [5, 5.41) is 3.01. The van der Waals surface area contributed by atoms with Gasteiger partial charge in [-0.2, -0.15) is 0 Å². The lowest BCUT2D eigenvalue weighted by atomic mass is 10.1. The summed E-state index contributed by atoms with van der Waals surface area (Å²) >= 11 is 3.40. The lowest BCUT2D eigenvalue weighted by molar-refractivity contribution is -0.121. The number of amides is 1. The van der Waals surface area contributed by atoms with Gasteiger partial charge in [-0.3, -0.25) is 4.79 Å². The number of hydrogen-bond donors (Lipinski definition) is 2. The molecule has 1 aromatic carbocycles. The molecule has 0 aliphatic rings. The minimum atomic E-state index is 0.0921. The van der Waals surface area contributed by atoms with Crippen molar-refractivity contribution < 1.29 is 4.79 Å². The normalized spacial score (nSPS) is 12.2. The fourth-order valence-electron chi connectivity index (χ4n) is 1.91. The Hall–Kier alpha value is -0.870. The molecule has 0 aromatic heterocycles. The molecular formula is C15H23BrN2O. The first-order chi connectivity index (χ1) is 9.15. The molecule has 0 heterocycles. The van der Waals surface area contributed by atoms with Crippen molar-refractivity contribution in [3.8, 4) is 0 Å². The Morgan fingerprint density at radius 3 is 2.63 bits per heavy atom.